The lowest BCUT2D eigenvalue weighted by molar-refractivity contribution is 0.289. The lowest BCUT2D eigenvalue weighted by Crippen LogP contribution is -2.14. The molecule has 1 rings (SSSR count). The molecular weight excluding hydrogens is 234 g/mol. The molecule has 0 saturated heterocycles. The van der Waals surface area contributed by atoms with Crippen molar-refractivity contribution in [3.8, 4) is 11.5 Å². The van der Waals surface area contributed by atoms with Crippen molar-refractivity contribution in [1.82, 2.24) is 0 Å². The molecule has 3 nitrogen and oxygen atoms in total. The maximum atomic E-state index is 5.70. The van der Waals surface area contributed by atoms with Gasteiger partial charge in [0.15, 0.2) is 11.5 Å². The minimum absolute atomic E-state index is 0.487. The summed E-state index contributed by atoms with van der Waals surface area (Å²) in [6.07, 6.45) is 0. The van der Waals surface area contributed by atoms with Crippen LogP contribution in [-0.4, -0.2) is 30.8 Å². The average molecular weight is 255 g/mol. The molecule has 0 aromatic heterocycles. The van der Waals surface area contributed by atoms with E-state index in [9.17, 15) is 0 Å². The maximum Gasteiger partial charge on any atom is 0.161 e. The molecule has 0 fully saturated rings. The van der Waals surface area contributed by atoms with E-state index in [0.29, 0.717) is 25.0 Å². The van der Waals surface area contributed by atoms with Crippen molar-refractivity contribution in [1.29, 1.82) is 0 Å². The van der Waals surface area contributed by atoms with Crippen molar-refractivity contribution >= 4 is 11.8 Å². The molecule has 0 bridgehead atoms. The van der Waals surface area contributed by atoms with E-state index >= 15 is 0 Å². The Hall–Kier alpha value is -0.870. The van der Waals surface area contributed by atoms with Gasteiger partial charge in [0.2, 0.25) is 0 Å². The Morgan fingerprint density at radius 3 is 2.47 bits per heavy atom. The van der Waals surface area contributed by atoms with E-state index in [2.05, 4.69) is 6.92 Å². The summed E-state index contributed by atoms with van der Waals surface area (Å²) in [6, 6.07) is 7.76. The van der Waals surface area contributed by atoms with Crippen LogP contribution in [0.3, 0.4) is 0 Å². The lowest BCUT2D eigenvalue weighted by Gasteiger charge is -2.12. The quantitative estimate of drug-likeness (QED) is 0.725. The molecule has 0 aliphatic carbocycles. The van der Waals surface area contributed by atoms with Gasteiger partial charge in [-0.1, -0.05) is 19.1 Å². The summed E-state index contributed by atoms with van der Waals surface area (Å²) >= 11 is 1.82. The molecule has 0 saturated carbocycles. The first-order valence-electron chi connectivity index (χ1n) is 5.94. The summed E-state index contributed by atoms with van der Waals surface area (Å²) < 4.78 is 11.2. The zero-order chi connectivity index (χ0) is 12.5. The van der Waals surface area contributed by atoms with E-state index in [-0.39, 0.29) is 0 Å². The number of ether oxygens (including phenoxy) is 2. The molecule has 1 atom stereocenters. The molecule has 1 unspecified atom stereocenters. The number of hydrogen-bond donors (Lipinski definition) is 1. The van der Waals surface area contributed by atoms with E-state index in [4.69, 9.17) is 15.2 Å². The Morgan fingerprint density at radius 2 is 1.88 bits per heavy atom. The Balaban J connectivity index is 2.35. The van der Waals surface area contributed by atoms with Gasteiger partial charge in [-0.2, -0.15) is 11.8 Å². The van der Waals surface area contributed by atoms with Crippen LogP contribution in [0, 0.1) is 0 Å². The Kier molecular flexibility index (Phi) is 6.89. The number of thioether (sulfide) groups is 1. The summed E-state index contributed by atoms with van der Waals surface area (Å²) in [5.74, 6) is 2.57. The third kappa shape index (κ3) is 5.33. The predicted octanol–water partition coefficient (Wildman–Crippen LogP) is 2.54. The molecule has 17 heavy (non-hydrogen) atoms. The van der Waals surface area contributed by atoms with Crippen molar-refractivity contribution in [2.45, 2.75) is 19.1 Å². The van der Waals surface area contributed by atoms with Gasteiger partial charge in [0.05, 0.1) is 13.2 Å². The van der Waals surface area contributed by atoms with Gasteiger partial charge in [-0.15, -0.1) is 0 Å². The molecule has 1 aromatic rings. The highest BCUT2D eigenvalue weighted by molar-refractivity contribution is 7.99. The van der Waals surface area contributed by atoms with Crippen LogP contribution < -0.4 is 15.2 Å². The van der Waals surface area contributed by atoms with E-state index in [1.54, 1.807) is 0 Å². The summed E-state index contributed by atoms with van der Waals surface area (Å²) in [6.45, 7) is 6.13. The first-order chi connectivity index (χ1) is 8.27. The van der Waals surface area contributed by atoms with Crippen LogP contribution in [0.1, 0.15) is 13.8 Å². The highest BCUT2D eigenvalue weighted by Crippen LogP contribution is 2.26. The standard InChI is InChI=1S/C13H21NO2S/c1-3-15-12-6-4-5-7-13(12)16-8-9-17-11(2)10-14/h4-7,11H,3,8-10,14H2,1-2H3. The highest BCUT2D eigenvalue weighted by Gasteiger charge is 2.04. The van der Waals surface area contributed by atoms with Crippen LogP contribution in [0.5, 0.6) is 11.5 Å². The molecule has 0 spiro atoms. The third-order valence-electron chi connectivity index (χ3n) is 2.22. The number of nitrogens with two attached hydrogens (primary N) is 1. The topological polar surface area (TPSA) is 44.5 Å². The number of rotatable bonds is 8. The zero-order valence-electron chi connectivity index (χ0n) is 10.5. The largest absolute Gasteiger partial charge is 0.490 e. The maximum absolute atomic E-state index is 5.70. The zero-order valence-corrected chi connectivity index (χ0v) is 11.3. The molecular formula is C13H21NO2S. The van der Waals surface area contributed by atoms with Crippen molar-refractivity contribution in [3.63, 3.8) is 0 Å². The normalized spacial score (nSPS) is 12.2. The van der Waals surface area contributed by atoms with Crippen molar-refractivity contribution in [2.24, 2.45) is 5.73 Å². The predicted molar refractivity (Wildman–Crippen MR) is 74.1 cm³/mol. The average Bonchev–Trinajstić information content (AvgIpc) is 2.36. The fraction of sp³-hybridized carbons (Fsp3) is 0.538. The molecule has 4 heteroatoms. The van der Waals surface area contributed by atoms with Crippen LogP contribution in [0.25, 0.3) is 0 Å². The highest BCUT2D eigenvalue weighted by atomic mass is 32.2. The van der Waals surface area contributed by atoms with Gasteiger partial charge in [0.1, 0.15) is 0 Å². The Labute approximate surface area is 108 Å². The van der Waals surface area contributed by atoms with E-state index in [1.165, 1.54) is 0 Å². The van der Waals surface area contributed by atoms with Gasteiger partial charge in [0.25, 0.3) is 0 Å². The van der Waals surface area contributed by atoms with E-state index in [1.807, 2.05) is 43.0 Å². The van der Waals surface area contributed by atoms with Crippen molar-refractivity contribution in [2.75, 3.05) is 25.5 Å². The first kappa shape index (κ1) is 14.2. The minimum Gasteiger partial charge on any atom is -0.490 e. The first-order valence-corrected chi connectivity index (χ1v) is 6.99. The Morgan fingerprint density at radius 1 is 1.24 bits per heavy atom. The lowest BCUT2D eigenvalue weighted by atomic mass is 10.3. The van der Waals surface area contributed by atoms with Crippen molar-refractivity contribution < 1.29 is 9.47 Å². The monoisotopic (exact) mass is 255 g/mol. The molecule has 0 radical (unpaired) electrons. The van der Waals surface area contributed by atoms with E-state index < -0.39 is 0 Å². The van der Waals surface area contributed by atoms with Crippen LogP contribution in [-0.2, 0) is 0 Å². The summed E-state index contributed by atoms with van der Waals surface area (Å²) in [5, 5.41) is 0.487. The molecule has 0 aliphatic heterocycles. The molecule has 0 heterocycles. The van der Waals surface area contributed by atoms with E-state index in [0.717, 1.165) is 17.3 Å². The minimum atomic E-state index is 0.487. The molecule has 96 valence electrons. The smallest absolute Gasteiger partial charge is 0.161 e. The number of benzene rings is 1. The van der Waals surface area contributed by atoms with Crippen LogP contribution in [0.15, 0.2) is 24.3 Å². The molecule has 1 aromatic carbocycles. The molecule has 0 aliphatic rings. The van der Waals surface area contributed by atoms with Gasteiger partial charge in [-0.3, -0.25) is 0 Å². The second kappa shape index (κ2) is 8.25. The van der Waals surface area contributed by atoms with Gasteiger partial charge >= 0.3 is 0 Å². The summed E-state index contributed by atoms with van der Waals surface area (Å²) in [7, 11) is 0. The van der Waals surface area contributed by atoms with Crippen LogP contribution in [0.4, 0.5) is 0 Å². The summed E-state index contributed by atoms with van der Waals surface area (Å²) in [5.41, 5.74) is 5.55. The number of para-hydroxylation sites is 2. The second-order valence-corrected chi connectivity index (χ2v) is 5.19. The van der Waals surface area contributed by atoms with Gasteiger partial charge in [0, 0.05) is 17.5 Å². The van der Waals surface area contributed by atoms with Gasteiger partial charge in [-0.25, -0.2) is 0 Å². The summed E-state index contributed by atoms with van der Waals surface area (Å²) in [4.78, 5) is 0. The van der Waals surface area contributed by atoms with Crippen LogP contribution in [0.2, 0.25) is 0 Å². The molecule has 2 N–H and O–H groups in total. The fourth-order valence-corrected chi connectivity index (χ4v) is 2.03. The van der Waals surface area contributed by atoms with Crippen LogP contribution >= 0.6 is 11.8 Å². The van der Waals surface area contributed by atoms with Gasteiger partial charge < -0.3 is 15.2 Å². The third-order valence-corrected chi connectivity index (χ3v) is 3.39. The fourth-order valence-electron chi connectivity index (χ4n) is 1.31. The molecule has 0 amide bonds. The van der Waals surface area contributed by atoms with Crippen molar-refractivity contribution in [3.05, 3.63) is 24.3 Å². The van der Waals surface area contributed by atoms with Gasteiger partial charge in [-0.05, 0) is 19.1 Å². The SMILES string of the molecule is CCOc1ccccc1OCCSC(C)CN. The number of hydrogen-bond acceptors (Lipinski definition) is 4. The Bertz CT molecular complexity index is 320. The second-order valence-electron chi connectivity index (χ2n) is 3.65.